The molecule has 0 aliphatic carbocycles. The third-order valence-corrected chi connectivity index (χ3v) is 2.23. The van der Waals surface area contributed by atoms with Gasteiger partial charge in [0.1, 0.15) is 18.2 Å². The predicted octanol–water partition coefficient (Wildman–Crippen LogP) is -2.05. The van der Waals surface area contributed by atoms with E-state index in [9.17, 15) is 20.1 Å². The van der Waals surface area contributed by atoms with Crippen LogP contribution in [0, 0.1) is 0 Å². The molecule has 0 aromatic heterocycles. The van der Waals surface area contributed by atoms with E-state index < -0.39 is 36.6 Å². The van der Waals surface area contributed by atoms with Crippen LogP contribution >= 0.6 is 0 Å². The van der Waals surface area contributed by atoms with E-state index in [2.05, 4.69) is 5.32 Å². The van der Waals surface area contributed by atoms with Crippen molar-refractivity contribution in [1.29, 1.82) is 0 Å². The van der Waals surface area contributed by atoms with Gasteiger partial charge in [-0.2, -0.15) is 0 Å². The number of aliphatic hydroxyl groups excluding tert-OH is 3. The second-order valence-electron chi connectivity index (χ2n) is 3.44. The van der Waals surface area contributed by atoms with Crippen molar-refractivity contribution in [1.82, 2.24) is 5.32 Å². The summed E-state index contributed by atoms with van der Waals surface area (Å²) in [5, 5.41) is 30.6. The van der Waals surface area contributed by atoms with Gasteiger partial charge < -0.3 is 25.4 Å². The van der Waals surface area contributed by atoms with Crippen molar-refractivity contribution in [3.8, 4) is 0 Å². The maximum Gasteiger partial charge on any atom is 0.217 e. The standard InChI is InChI=1S/C8H15NO5/c1-3-6(11)7(12)5(8(13)14-3)9-4(2)10/h3,5-8,11-13H,1-2H3,(H,9,10)/t3-,5+,6-,7+,8-/m0/s1. The molecule has 1 amide bonds. The smallest absolute Gasteiger partial charge is 0.217 e. The van der Waals surface area contributed by atoms with Crippen LogP contribution in [-0.4, -0.2) is 51.9 Å². The first-order chi connectivity index (χ1) is 6.43. The average Bonchev–Trinajstić information content (AvgIpc) is 2.09. The number of hydrogen-bond donors (Lipinski definition) is 4. The molecule has 14 heavy (non-hydrogen) atoms. The lowest BCUT2D eigenvalue weighted by Gasteiger charge is -2.39. The molecular formula is C8H15NO5. The fourth-order valence-electron chi connectivity index (χ4n) is 1.44. The number of carbonyl (C=O) groups is 1. The van der Waals surface area contributed by atoms with Crippen LogP contribution in [0.25, 0.3) is 0 Å². The van der Waals surface area contributed by atoms with Gasteiger partial charge in [-0.15, -0.1) is 0 Å². The molecule has 1 saturated heterocycles. The van der Waals surface area contributed by atoms with Crippen LogP contribution in [0.1, 0.15) is 13.8 Å². The van der Waals surface area contributed by atoms with E-state index in [-0.39, 0.29) is 0 Å². The third-order valence-electron chi connectivity index (χ3n) is 2.23. The molecule has 0 spiro atoms. The summed E-state index contributed by atoms with van der Waals surface area (Å²) in [7, 11) is 0. The number of nitrogens with one attached hydrogen (secondary N) is 1. The fourth-order valence-corrected chi connectivity index (χ4v) is 1.44. The number of aliphatic hydroxyl groups is 3. The zero-order valence-electron chi connectivity index (χ0n) is 8.04. The van der Waals surface area contributed by atoms with Crippen LogP contribution in [0.2, 0.25) is 0 Å². The van der Waals surface area contributed by atoms with E-state index >= 15 is 0 Å². The second kappa shape index (κ2) is 4.22. The normalized spacial score (nSPS) is 43.4. The maximum absolute atomic E-state index is 10.7. The van der Waals surface area contributed by atoms with E-state index in [0.29, 0.717) is 0 Å². The summed E-state index contributed by atoms with van der Waals surface area (Å²) in [5.74, 6) is -0.404. The molecule has 0 bridgehead atoms. The molecule has 1 heterocycles. The highest BCUT2D eigenvalue weighted by atomic mass is 16.6. The highest BCUT2D eigenvalue weighted by molar-refractivity contribution is 5.73. The van der Waals surface area contributed by atoms with Crippen LogP contribution in [0.3, 0.4) is 0 Å². The molecule has 82 valence electrons. The first-order valence-electron chi connectivity index (χ1n) is 4.40. The number of carbonyl (C=O) groups excluding carboxylic acids is 1. The van der Waals surface area contributed by atoms with Crippen molar-refractivity contribution in [2.45, 2.75) is 44.5 Å². The van der Waals surface area contributed by atoms with Crippen LogP contribution < -0.4 is 5.32 Å². The first-order valence-corrected chi connectivity index (χ1v) is 4.40. The van der Waals surface area contributed by atoms with Gasteiger partial charge in [0, 0.05) is 6.92 Å². The molecule has 0 aromatic carbocycles. The molecule has 1 rings (SSSR count). The zero-order valence-corrected chi connectivity index (χ0v) is 8.04. The Morgan fingerprint density at radius 3 is 2.36 bits per heavy atom. The summed E-state index contributed by atoms with van der Waals surface area (Å²) in [6.45, 7) is 2.78. The number of amides is 1. The van der Waals surface area contributed by atoms with Crippen molar-refractivity contribution >= 4 is 5.91 Å². The number of rotatable bonds is 1. The number of ether oxygens (including phenoxy) is 1. The molecule has 0 radical (unpaired) electrons. The summed E-state index contributed by atoms with van der Waals surface area (Å²) in [5.41, 5.74) is 0. The van der Waals surface area contributed by atoms with Gasteiger partial charge in [0.2, 0.25) is 5.91 Å². The summed E-state index contributed by atoms with van der Waals surface area (Å²) >= 11 is 0. The molecule has 0 unspecified atom stereocenters. The summed E-state index contributed by atoms with van der Waals surface area (Å²) in [4.78, 5) is 10.7. The van der Waals surface area contributed by atoms with Crippen molar-refractivity contribution in [2.75, 3.05) is 0 Å². The summed E-state index contributed by atoms with van der Waals surface area (Å²) in [6.07, 6.45) is -4.30. The largest absolute Gasteiger partial charge is 0.388 e. The minimum absolute atomic E-state index is 0.404. The van der Waals surface area contributed by atoms with Gasteiger partial charge >= 0.3 is 0 Å². The van der Waals surface area contributed by atoms with E-state index in [1.54, 1.807) is 0 Å². The van der Waals surface area contributed by atoms with Gasteiger partial charge in [0.05, 0.1) is 6.10 Å². The van der Waals surface area contributed by atoms with Gasteiger partial charge in [-0.25, -0.2) is 0 Å². The molecule has 1 aliphatic rings. The maximum atomic E-state index is 10.7. The summed E-state index contributed by atoms with van der Waals surface area (Å²) in [6, 6.07) is -0.987. The van der Waals surface area contributed by atoms with Crippen molar-refractivity contribution in [3.63, 3.8) is 0 Å². The Labute approximate surface area is 81.5 Å². The van der Waals surface area contributed by atoms with Crippen molar-refractivity contribution in [3.05, 3.63) is 0 Å². The molecule has 1 aliphatic heterocycles. The van der Waals surface area contributed by atoms with Gasteiger partial charge in [-0.1, -0.05) is 0 Å². The Kier molecular flexibility index (Phi) is 3.43. The van der Waals surface area contributed by atoms with Crippen LogP contribution in [-0.2, 0) is 9.53 Å². The Balaban J connectivity index is 2.68. The van der Waals surface area contributed by atoms with Gasteiger partial charge in [-0.05, 0) is 6.92 Å². The monoisotopic (exact) mass is 205 g/mol. The Morgan fingerprint density at radius 1 is 1.29 bits per heavy atom. The Bertz CT molecular complexity index is 222. The average molecular weight is 205 g/mol. The van der Waals surface area contributed by atoms with Crippen LogP contribution in [0.15, 0.2) is 0 Å². The highest BCUT2D eigenvalue weighted by Gasteiger charge is 2.42. The topological polar surface area (TPSA) is 99.0 Å². The molecular weight excluding hydrogens is 190 g/mol. The first kappa shape index (κ1) is 11.4. The Hall–Kier alpha value is -0.690. The molecule has 1 fully saturated rings. The molecule has 6 nitrogen and oxygen atoms in total. The zero-order chi connectivity index (χ0) is 10.9. The second-order valence-corrected chi connectivity index (χ2v) is 3.44. The van der Waals surface area contributed by atoms with E-state index in [1.165, 1.54) is 13.8 Å². The minimum Gasteiger partial charge on any atom is -0.388 e. The molecule has 4 N–H and O–H groups in total. The van der Waals surface area contributed by atoms with Crippen LogP contribution in [0.4, 0.5) is 0 Å². The lowest BCUT2D eigenvalue weighted by atomic mass is 9.98. The van der Waals surface area contributed by atoms with E-state index in [0.717, 1.165) is 0 Å². The highest BCUT2D eigenvalue weighted by Crippen LogP contribution is 2.19. The third kappa shape index (κ3) is 2.21. The minimum atomic E-state index is -1.30. The SMILES string of the molecule is CC(=O)N[C@@H]1[C@@H](O)[C@@H](O)[C@H](C)O[C@@H]1O. The number of hydrogen-bond acceptors (Lipinski definition) is 5. The van der Waals surface area contributed by atoms with Gasteiger partial charge in [0.15, 0.2) is 6.29 Å². The lowest BCUT2D eigenvalue weighted by Crippen LogP contribution is -2.62. The Morgan fingerprint density at radius 2 is 1.86 bits per heavy atom. The summed E-state index contributed by atoms with van der Waals surface area (Å²) < 4.78 is 4.91. The van der Waals surface area contributed by atoms with Gasteiger partial charge in [-0.3, -0.25) is 4.79 Å². The quantitative estimate of drug-likeness (QED) is 0.395. The molecule has 6 heteroatoms. The van der Waals surface area contributed by atoms with Crippen molar-refractivity contribution < 1.29 is 24.9 Å². The van der Waals surface area contributed by atoms with E-state index in [4.69, 9.17) is 4.74 Å². The lowest BCUT2D eigenvalue weighted by molar-refractivity contribution is -0.242. The van der Waals surface area contributed by atoms with Gasteiger partial charge in [0.25, 0.3) is 0 Å². The van der Waals surface area contributed by atoms with Crippen molar-refractivity contribution in [2.24, 2.45) is 0 Å². The molecule has 0 aromatic rings. The molecule has 5 atom stereocenters. The predicted molar refractivity (Wildman–Crippen MR) is 46.2 cm³/mol. The fraction of sp³-hybridized carbons (Fsp3) is 0.875. The van der Waals surface area contributed by atoms with Crippen LogP contribution in [0.5, 0.6) is 0 Å². The molecule has 0 saturated carbocycles. The van der Waals surface area contributed by atoms with E-state index in [1.807, 2.05) is 0 Å².